The van der Waals surface area contributed by atoms with Gasteiger partial charge < -0.3 is 15.0 Å². The molecule has 0 aliphatic carbocycles. The van der Waals surface area contributed by atoms with Gasteiger partial charge in [0, 0.05) is 17.1 Å². The highest BCUT2D eigenvalue weighted by molar-refractivity contribution is 6.33. The molecule has 0 spiro atoms. The van der Waals surface area contributed by atoms with Crippen molar-refractivity contribution < 1.29 is 9.26 Å². The standard InChI is InChI=1S/C21H17ClN2O2/c22-18-9-5-4-8-16(18)15-10-11-19-17(12-15)21(24-26-19)25-20(13-23)14-6-2-1-3-7-14/h1-12,20H,13,23H2/t20-/m0/s1. The van der Waals surface area contributed by atoms with Gasteiger partial charge in [-0.25, -0.2) is 0 Å². The highest BCUT2D eigenvalue weighted by Gasteiger charge is 2.17. The molecule has 3 aromatic carbocycles. The van der Waals surface area contributed by atoms with Crippen LogP contribution in [0.4, 0.5) is 0 Å². The minimum Gasteiger partial charge on any atom is -0.466 e. The van der Waals surface area contributed by atoms with Crippen molar-refractivity contribution in [1.82, 2.24) is 5.16 Å². The average molecular weight is 365 g/mol. The van der Waals surface area contributed by atoms with Crippen LogP contribution >= 0.6 is 11.6 Å². The number of ether oxygens (including phenoxy) is 1. The zero-order valence-electron chi connectivity index (χ0n) is 13.9. The maximum atomic E-state index is 6.32. The molecule has 26 heavy (non-hydrogen) atoms. The van der Waals surface area contributed by atoms with E-state index < -0.39 is 0 Å². The number of rotatable bonds is 5. The Morgan fingerprint density at radius 3 is 2.54 bits per heavy atom. The molecule has 0 aliphatic rings. The van der Waals surface area contributed by atoms with Gasteiger partial charge in [0.1, 0.15) is 6.10 Å². The Kier molecular flexibility index (Phi) is 4.61. The summed E-state index contributed by atoms with van der Waals surface area (Å²) in [7, 11) is 0. The SMILES string of the molecule is NC[C@H](Oc1noc2ccc(-c3ccccc3Cl)cc12)c1ccccc1. The minimum atomic E-state index is -0.298. The summed E-state index contributed by atoms with van der Waals surface area (Å²) in [5.41, 5.74) is 9.47. The lowest BCUT2D eigenvalue weighted by atomic mass is 10.0. The van der Waals surface area contributed by atoms with Crippen molar-refractivity contribution in [1.29, 1.82) is 0 Å². The van der Waals surface area contributed by atoms with Gasteiger partial charge in [0.05, 0.1) is 5.39 Å². The smallest absolute Gasteiger partial charge is 0.262 e. The number of hydrogen-bond acceptors (Lipinski definition) is 4. The summed E-state index contributed by atoms with van der Waals surface area (Å²) in [4.78, 5) is 0. The molecule has 5 heteroatoms. The number of benzene rings is 3. The predicted octanol–water partition coefficient (Wildman–Crippen LogP) is 5.23. The van der Waals surface area contributed by atoms with Crippen molar-refractivity contribution in [2.75, 3.05) is 6.54 Å². The topological polar surface area (TPSA) is 61.3 Å². The number of halogens is 1. The van der Waals surface area contributed by atoms with Crippen molar-refractivity contribution in [2.45, 2.75) is 6.10 Å². The normalized spacial score (nSPS) is 12.2. The fourth-order valence-corrected chi connectivity index (χ4v) is 3.16. The Bertz CT molecular complexity index is 1030. The molecule has 130 valence electrons. The lowest BCUT2D eigenvalue weighted by molar-refractivity contribution is 0.196. The van der Waals surface area contributed by atoms with Crippen LogP contribution in [0, 0.1) is 0 Å². The van der Waals surface area contributed by atoms with Gasteiger partial charge >= 0.3 is 0 Å². The van der Waals surface area contributed by atoms with E-state index in [-0.39, 0.29) is 6.10 Å². The molecular weight excluding hydrogens is 348 g/mol. The zero-order chi connectivity index (χ0) is 17.9. The summed E-state index contributed by atoms with van der Waals surface area (Å²) in [6.07, 6.45) is -0.298. The average Bonchev–Trinajstić information content (AvgIpc) is 3.09. The van der Waals surface area contributed by atoms with Crippen LogP contribution in [0.3, 0.4) is 0 Å². The van der Waals surface area contributed by atoms with Crippen molar-refractivity contribution in [3.63, 3.8) is 0 Å². The molecule has 0 radical (unpaired) electrons. The largest absolute Gasteiger partial charge is 0.466 e. The Morgan fingerprint density at radius 2 is 1.77 bits per heavy atom. The maximum absolute atomic E-state index is 6.32. The second kappa shape index (κ2) is 7.20. The van der Waals surface area contributed by atoms with Crippen LogP contribution in [0.1, 0.15) is 11.7 Å². The van der Waals surface area contributed by atoms with E-state index in [4.69, 9.17) is 26.6 Å². The Hall–Kier alpha value is -2.82. The molecule has 0 amide bonds. The number of aromatic nitrogens is 1. The molecular formula is C21H17ClN2O2. The Labute approximate surface area is 156 Å². The first-order valence-corrected chi connectivity index (χ1v) is 8.70. The first-order valence-electron chi connectivity index (χ1n) is 8.32. The minimum absolute atomic E-state index is 0.298. The van der Waals surface area contributed by atoms with Gasteiger partial charge in [-0.2, -0.15) is 0 Å². The van der Waals surface area contributed by atoms with Crippen LogP contribution in [0.5, 0.6) is 5.88 Å². The van der Waals surface area contributed by atoms with Crippen LogP contribution in [-0.4, -0.2) is 11.7 Å². The quantitative estimate of drug-likeness (QED) is 0.527. The van der Waals surface area contributed by atoms with Crippen LogP contribution in [0.25, 0.3) is 22.1 Å². The number of hydrogen-bond donors (Lipinski definition) is 1. The molecule has 0 bridgehead atoms. The van der Waals surface area contributed by atoms with Gasteiger partial charge in [0.2, 0.25) is 0 Å². The second-order valence-electron chi connectivity index (χ2n) is 5.93. The summed E-state index contributed by atoms with van der Waals surface area (Å²) >= 11 is 6.32. The summed E-state index contributed by atoms with van der Waals surface area (Å²) < 4.78 is 11.5. The first kappa shape index (κ1) is 16.6. The fraction of sp³-hybridized carbons (Fsp3) is 0.0952. The molecule has 0 unspecified atom stereocenters. The van der Waals surface area contributed by atoms with Crippen molar-refractivity contribution in [3.05, 3.63) is 83.4 Å². The molecule has 4 aromatic rings. The summed E-state index contributed by atoms with van der Waals surface area (Å²) in [6.45, 7) is 0.336. The summed E-state index contributed by atoms with van der Waals surface area (Å²) in [6, 6.07) is 23.3. The highest BCUT2D eigenvalue weighted by Crippen LogP contribution is 2.34. The van der Waals surface area contributed by atoms with E-state index >= 15 is 0 Å². The zero-order valence-corrected chi connectivity index (χ0v) is 14.7. The number of nitrogens with two attached hydrogens (primary N) is 1. The number of nitrogens with zero attached hydrogens (tertiary/aromatic N) is 1. The van der Waals surface area contributed by atoms with Gasteiger partial charge in [0.15, 0.2) is 5.58 Å². The lowest BCUT2D eigenvalue weighted by Gasteiger charge is -2.15. The monoisotopic (exact) mass is 364 g/mol. The third-order valence-electron chi connectivity index (χ3n) is 4.26. The molecule has 0 saturated carbocycles. The van der Waals surface area contributed by atoms with E-state index in [1.165, 1.54) is 0 Å². The van der Waals surface area contributed by atoms with Gasteiger partial charge in [-0.1, -0.05) is 66.2 Å². The molecule has 2 N–H and O–H groups in total. The van der Waals surface area contributed by atoms with E-state index in [2.05, 4.69) is 5.16 Å². The van der Waals surface area contributed by atoms with E-state index in [0.717, 1.165) is 22.1 Å². The van der Waals surface area contributed by atoms with E-state index in [0.29, 0.717) is 23.0 Å². The van der Waals surface area contributed by atoms with Gasteiger partial charge in [-0.3, -0.25) is 0 Å². The van der Waals surface area contributed by atoms with E-state index in [9.17, 15) is 0 Å². The third-order valence-corrected chi connectivity index (χ3v) is 4.59. The van der Waals surface area contributed by atoms with Crippen LogP contribution in [-0.2, 0) is 0 Å². The Morgan fingerprint density at radius 1 is 1.00 bits per heavy atom. The number of fused-ring (bicyclic) bond motifs is 1. The van der Waals surface area contributed by atoms with Gasteiger partial charge in [-0.15, -0.1) is 0 Å². The molecule has 0 aliphatic heterocycles. The van der Waals surface area contributed by atoms with Crippen LogP contribution in [0.15, 0.2) is 77.3 Å². The second-order valence-corrected chi connectivity index (χ2v) is 6.34. The molecule has 1 atom stereocenters. The first-order chi connectivity index (χ1) is 12.8. The van der Waals surface area contributed by atoms with Gasteiger partial charge in [0.25, 0.3) is 5.88 Å². The van der Waals surface area contributed by atoms with Crippen molar-refractivity contribution in [2.24, 2.45) is 5.73 Å². The highest BCUT2D eigenvalue weighted by atomic mass is 35.5. The van der Waals surface area contributed by atoms with E-state index in [1.807, 2.05) is 72.8 Å². The lowest BCUT2D eigenvalue weighted by Crippen LogP contribution is -2.18. The predicted molar refractivity (Wildman–Crippen MR) is 103 cm³/mol. The van der Waals surface area contributed by atoms with Crippen molar-refractivity contribution >= 4 is 22.6 Å². The molecule has 4 rings (SSSR count). The fourth-order valence-electron chi connectivity index (χ4n) is 2.92. The van der Waals surface area contributed by atoms with Gasteiger partial charge in [-0.05, 0) is 34.5 Å². The molecule has 1 aromatic heterocycles. The summed E-state index contributed by atoms with van der Waals surface area (Å²) in [5, 5.41) is 5.56. The Balaban J connectivity index is 1.72. The summed E-state index contributed by atoms with van der Waals surface area (Å²) in [5.74, 6) is 0.424. The van der Waals surface area contributed by atoms with E-state index in [1.54, 1.807) is 0 Å². The van der Waals surface area contributed by atoms with Crippen molar-refractivity contribution in [3.8, 4) is 17.0 Å². The maximum Gasteiger partial charge on any atom is 0.262 e. The molecule has 1 heterocycles. The molecule has 4 nitrogen and oxygen atoms in total. The third kappa shape index (κ3) is 3.17. The van der Waals surface area contributed by atoms with Crippen LogP contribution < -0.4 is 10.5 Å². The van der Waals surface area contributed by atoms with Crippen LogP contribution in [0.2, 0.25) is 5.02 Å². The molecule has 0 saturated heterocycles. The molecule has 0 fully saturated rings.